The molecular formula is C16H16N4O3. The summed E-state index contributed by atoms with van der Waals surface area (Å²) in [5.74, 6) is -0.0915. The van der Waals surface area contributed by atoms with Crippen molar-refractivity contribution in [3.8, 4) is 12.0 Å². The maximum absolute atomic E-state index is 12.3. The van der Waals surface area contributed by atoms with E-state index in [0.29, 0.717) is 11.6 Å². The van der Waals surface area contributed by atoms with Crippen molar-refractivity contribution in [1.29, 1.82) is 5.26 Å². The smallest absolute Gasteiger partial charge is 0.256 e. The standard InChI is InChI=1S/C16H16N4O3/c1-10-14(15(22)18-9-13(21)19-11-4-5-11)12(8-17)16(23-10)20-6-2-3-7-20/h2-3,6-7,11H,4-5,9H2,1H3,(H,18,22)(H,19,21). The van der Waals surface area contributed by atoms with Gasteiger partial charge in [-0.3, -0.25) is 14.2 Å². The Morgan fingerprint density at radius 3 is 2.70 bits per heavy atom. The molecule has 3 rings (SSSR count). The third kappa shape index (κ3) is 3.11. The second kappa shape index (κ2) is 6.01. The average molecular weight is 312 g/mol. The lowest BCUT2D eigenvalue weighted by Gasteiger charge is -2.05. The molecule has 7 nitrogen and oxygen atoms in total. The number of aryl methyl sites for hydroxylation is 1. The molecule has 0 aromatic carbocycles. The summed E-state index contributed by atoms with van der Waals surface area (Å²) in [7, 11) is 0. The van der Waals surface area contributed by atoms with Crippen molar-refractivity contribution in [2.75, 3.05) is 6.54 Å². The largest absolute Gasteiger partial charge is 0.443 e. The van der Waals surface area contributed by atoms with Crippen LogP contribution in [-0.4, -0.2) is 29.0 Å². The van der Waals surface area contributed by atoms with Crippen LogP contribution in [0.25, 0.3) is 5.88 Å². The molecule has 2 aromatic heterocycles. The molecule has 0 saturated heterocycles. The van der Waals surface area contributed by atoms with Crippen LogP contribution < -0.4 is 10.6 Å². The highest BCUT2D eigenvalue weighted by molar-refractivity contribution is 6.00. The Balaban J connectivity index is 1.77. The van der Waals surface area contributed by atoms with Gasteiger partial charge in [0.2, 0.25) is 11.8 Å². The topological polar surface area (TPSA) is 100 Å². The van der Waals surface area contributed by atoms with Gasteiger partial charge in [-0.1, -0.05) is 0 Å². The molecular weight excluding hydrogens is 296 g/mol. The van der Waals surface area contributed by atoms with Crippen LogP contribution in [0.3, 0.4) is 0 Å². The molecule has 7 heteroatoms. The summed E-state index contributed by atoms with van der Waals surface area (Å²) in [5.41, 5.74) is 0.314. The van der Waals surface area contributed by atoms with Crippen molar-refractivity contribution in [3.63, 3.8) is 0 Å². The van der Waals surface area contributed by atoms with Crippen LogP contribution in [0.2, 0.25) is 0 Å². The van der Waals surface area contributed by atoms with Gasteiger partial charge in [0.05, 0.1) is 6.54 Å². The van der Waals surface area contributed by atoms with Crippen LogP contribution in [0.4, 0.5) is 0 Å². The minimum absolute atomic E-state index is 0.121. The van der Waals surface area contributed by atoms with Crippen LogP contribution in [-0.2, 0) is 4.79 Å². The van der Waals surface area contributed by atoms with Gasteiger partial charge >= 0.3 is 0 Å². The summed E-state index contributed by atoms with van der Waals surface area (Å²) in [6, 6.07) is 5.83. The Bertz CT molecular complexity index is 779. The third-order valence-corrected chi connectivity index (χ3v) is 3.60. The highest BCUT2D eigenvalue weighted by Crippen LogP contribution is 2.25. The molecule has 2 aromatic rings. The molecule has 2 amide bonds. The van der Waals surface area contributed by atoms with Gasteiger partial charge in [0, 0.05) is 18.4 Å². The van der Waals surface area contributed by atoms with Gasteiger partial charge in [-0.25, -0.2) is 0 Å². The number of amides is 2. The SMILES string of the molecule is Cc1oc(-n2cccc2)c(C#N)c1C(=O)NCC(=O)NC1CC1. The monoisotopic (exact) mass is 312 g/mol. The first-order valence-corrected chi connectivity index (χ1v) is 7.34. The van der Waals surface area contributed by atoms with Crippen molar-refractivity contribution < 1.29 is 14.0 Å². The van der Waals surface area contributed by atoms with E-state index in [2.05, 4.69) is 10.6 Å². The van der Waals surface area contributed by atoms with E-state index in [0.717, 1.165) is 12.8 Å². The Kier molecular flexibility index (Phi) is 3.89. The summed E-state index contributed by atoms with van der Waals surface area (Å²) in [6.45, 7) is 1.50. The molecule has 118 valence electrons. The first-order valence-electron chi connectivity index (χ1n) is 7.34. The number of aromatic nitrogens is 1. The van der Waals surface area contributed by atoms with Crippen molar-refractivity contribution in [3.05, 3.63) is 41.4 Å². The zero-order valence-corrected chi connectivity index (χ0v) is 12.6. The van der Waals surface area contributed by atoms with E-state index in [9.17, 15) is 14.9 Å². The highest BCUT2D eigenvalue weighted by atomic mass is 16.4. The summed E-state index contributed by atoms with van der Waals surface area (Å²) < 4.78 is 7.19. The molecule has 1 aliphatic rings. The summed E-state index contributed by atoms with van der Waals surface area (Å²) >= 11 is 0. The summed E-state index contributed by atoms with van der Waals surface area (Å²) in [5, 5.41) is 14.7. The quantitative estimate of drug-likeness (QED) is 0.868. The maximum atomic E-state index is 12.3. The van der Waals surface area contributed by atoms with Crippen LogP contribution in [0.15, 0.2) is 28.9 Å². The van der Waals surface area contributed by atoms with E-state index < -0.39 is 5.91 Å². The maximum Gasteiger partial charge on any atom is 0.256 e. The zero-order chi connectivity index (χ0) is 16.4. The van der Waals surface area contributed by atoms with Crippen molar-refractivity contribution in [2.24, 2.45) is 0 Å². The Labute approximate surface area is 132 Å². The van der Waals surface area contributed by atoms with E-state index in [1.807, 2.05) is 6.07 Å². The van der Waals surface area contributed by atoms with E-state index in [1.54, 1.807) is 36.0 Å². The Hall–Kier alpha value is -3.01. The Morgan fingerprint density at radius 2 is 2.09 bits per heavy atom. The average Bonchev–Trinajstić information content (AvgIpc) is 3.05. The van der Waals surface area contributed by atoms with Gasteiger partial charge in [-0.2, -0.15) is 5.26 Å². The molecule has 0 atom stereocenters. The van der Waals surface area contributed by atoms with Crippen LogP contribution in [0.5, 0.6) is 0 Å². The first kappa shape index (κ1) is 14.9. The number of carbonyl (C=O) groups is 2. The lowest BCUT2D eigenvalue weighted by atomic mass is 10.1. The lowest BCUT2D eigenvalue weighted by Crippen LogP contribution is -2.38. The second-order valence-electron chi connectivity index (χ2n) is 5.44. The number of hydrogen-bond donors (Lipinski definition) is 2. The molecule has 0 bridgehead atoms. The molecule has 0 spiro atoms. The van der Waals surface area contributed by atoms with E-state index >= 15 is 0 Å². The fourth-order valence-electron chi connectivity index (χ4n) is 2.31. The molecule has 0 unspecified atom stereocenters. The number of nitrogens with zero attached hydrogens (tertiary/aromatic N) is 2. The number of nitrogens with one attached hydrogen (secondary N) is 2. The lowest BCUT2D eigenvalue weighted by molar-refractivity contribution is -0.120. The van der Waals surface area contributed by atoms with E-state index in [1.165, 1.54) is 0 Å². The molecule has 0 radical (unpaired) electrons. The molecule has 1 aliphatic carbocycles. The van der Waals surface area contributed by atoms with Gasteiger partial charge in [0.25, 0.3) is 5.91 Å². The minimum atomic E-state index is -0.493. The fraction of sp³-hybridized carbons (Fsp3) is 0.312. The van der Waals surface area contributed by atoms with Gasteiger partial charge < -0.3 is 15.1 Å². The van der Waals surface area contributed by atoms with E-state index in [-0.39, 0.29) is 29.6 Å². The minimum Gasteiger partial charge on any atom is -0.443 e. The Morgan fingerprint density at radius 1 is 1.39 bits per heavy atom. The van der Waals surface area contributed by atoms with Crippen molar-refractivity contribution >= 4 is 11.8 Å². The predicted molar refractivity (Wildman–Crippen MR) is 81.0 cm³/mol. The number of nitriles is 1. The second-order valence-corrected chi connectivity index (χ2v) is 5.44. The van der Waals surface area contributed by atoms with Gasteiger partial charge in [-0.05, 0) is 31.9 Å². The predicted octanol–water partition coefficient (Wildman–Crippen LogP) is 1.26. The number of hydrogen-bond acceptors (Lipinski definition) is 4. The third-order valence-electron chi connectivity index (χ3n) is 3.60. The normalized spacial score (nSPS) is 13.4. The van der Waals surface area contributed by atoms with Gasteiger partial charge in [-0.15, -0.1) is 0 Å². The van der Waals surface area contributed by atoms with Gasteiger partial charge in [0.1, 0.15) is 23.0 Å². The number of carbonyl (C=O) groups excluding carboxylic acids is 2. The van der Waals surface area contributed by atoms with Crippen molar-refractivity contribution in [1.82, 2.24) is 15.2 Å². The molecule has 2 heterocycles. The van der Waals surface area contributed by atoms with E-state index in [4.69, 9.17) is 4.42 Å². The van der Waals surface area contributed by atoms with Gasteiger partial charge in [0.15, 0.2) is 0 Å². The summed E-state index contributed by atoms with van der Waals surface area (Å²) in [4.78, 5) is 24.0. The fourth-order valence-corrected chi connectivity index (χ4v) is 2.31. The van der Waals surface area contributed by atoms with Crippen LogP contribution >= 0.6 is 0 Å². The first-order chi connectivity index (χ1) is 11.1. The van der Waals surface area contributed by atoms with Crippen molar-refractivity contribution in [2.45, 2.75) is 25.8 Å². The number of furan rings is 1. The van der Waals surface area contributed by atoms with Crippen LogP contribution in [0.1, 0.15) is 34.5 Å². The molecule has 1 saturated carbocycles. The molecule has 2 N–H and O–H groups in total. The summed E-state index contributed by atoms with van der Waals surface area (Å²) in [6.07, 6.45) is 5.42. The molecule has 0 aliphatic heterocycles. The molecule has 23 heavy (non-hydrogen) atoms. The van der Waals surface area contributed by atoms with Crippen LogP contribution in [0, 0.1) is 18.3 Å². The number of rotatable bonds is 5. The molecule has 1 fully saturated rings. The zero-order valence-electron chi connectivity index (χ0n) is 12.6. The highest BCUT2D eigenvalue weighted by Gasteiger charge is 2.26.